The van der Waals surface area contributed by atoms with Gasteiger partial charge in [0.15, 0.2) is 5.82 Å². The van der Waals surface area contributed by atoms with Gasteiger partial charge in [-0.2, -0.15) is 4.98 Å². The lowest BCUT2D eigenvalue weighted by Gasteiger charge is -2.06. The highest BCUT2D eigenvalue weighted by molar-refractivity contribution is 5.75. The molecule has 5 heteroatoms. The van der Waals surface area contributed by atoms with Gasteiger partial charge in [-0.25, -0.2) is 4.68 Å². The minimum absolute atomic E-state index is 0.383. The van der Waals surface area contributed by atoms with Crippen LogP contribution in [0.4, 0.5) is 11.6 Å². The van der Waals surface area contributed by atoms with Crippen LogP contribution in [0.2, 0.25) is 0 Å². The lowest BCUT2D eigenvalue weighted by Crippen LogP contribution is -1.98. The van der Waals surface area contributed by atoms with E-state index in [9.17, 15) is 0 Å². The van der Waals surface area contributed by atoms with Gasteiger partial charge in [0.1, 0.15) is 0 Å². The van der Waals surface area contributed by atoms with Crippen molar-refractivity contribution in [2.24, 2.45) is 7.05 Å². The summed E-state index contributed by atoms with van der Waals surface area (Å²) in [5.74, 6) is 0.956. The molecule has 84 valence electrons. The molecule has 0 saturated carbocycles. The molecule has 0 aliphatic carbocycles. The molecule has 0 aliphatic heterocycles. The Morgan fingerprint density at radius 1 is 1.19 bits per heavy atom. The monoisotopic (exact) mass is 217 g/mol. The van der Waals surface area contributed by atoms with Gasteiger partial charge in [0.2, 0.25) is 5.95 Å². The van der Waals surface area contributed by atoms with E-state index in [2.05, 4.69) is 10.1 Å². The van der Waals surface area contributed by atoms with Gasteiger partial charge in [0, 0.05) is 18.3 Å². The Balaban J connectivity index is 2.63. The van der Waals surface area contributed by atoms with Crippen LogP contribution in [-0.2, 0) is 7.05 Å². The summed E-state index contributed by atoms with van der Waals surface area (Å²) in [5, 5.41) is 4.22. The zero-order valence-corrected chi connectivity index (χ0v) is 9.65. The van der Waals surface area contributed by atoms with Crippen molar-refractivity contribution in [3.63, 3.8) is 0 Å². The second-order valence-corrected chi connectivity index (χ2v) is 3.96. The summed E-state index contributed by atoms with van der Waals surface area (Å²) in [6.07, 6.45) is 0. The van der Waals surface area contributed by atoms with Crippen molar-refractivity contribution < 1.29 is 0 Å². The molecule has 0 amide bonds. The maximum Gasteiger partial charge on any atom is 0.218 e. The minimum Gasteiger partial charge on any atom is -0.398 e. The predicted octanol–water partition coefficient (Wildman–Crippen LogP) is 1.26. The van der Waals surface area contributed by atoms with Crippen LogP contribution in [0.15, 0.2) is 12.1 Å². The molecule has 1 heterocycles. The summed E-state index contributed by atoms with van der Waals surface area (Å²) < 4.78 is 1.53. The molecule has 16 heavy (non-hydrogen) atoms. The Hall–Kier alpha value is -2.04. The molecule has 1 aromatic carbocycles. The van der Waals surface area contributed by atoms with Crippen molar-refractivity contribution >= 4 is 11.6 Å². The zero-order valence-electron chi connectivity index (χ0n) is 9.65. The topological polar surface area (TPSA) is 82.7 Å². The highest BCUT2D eigenvalue weighted by Gasteiger charge is 2.11. The number of aryl methyl sites for hydroxylation is 3. The third-order valence-corrected chi connectivity index (χ3v) is 2.57. The predicted molar refractivity (Wildman–Crippen MR) is 64.7 cm³/mol. The molecule has 4 N–H and O–H groups in total. The number of nitrogen functional groups attached to an aromatic ring is 2. The molecule has 0 fully saturated rings. The first-order valence-electron chi connectivity index (χ1n) is 5.02. The van der Waals surface area contributed by atoms with Crippen molar-refractivity contribution in [3.05, 3.63) is 23.3 Å². The maximum absolute atomic E-state index is 6.01. The number of rotatable bonds is 1. The van der Waals surface area contributed by atoms with Crippen LogP contribution in [-0.4, -0.2) is 14.8 Å². The van der Waals surface area contributed by atoms with E-state index in [1.165, 1.54) is 4.68 Å². The van der Waals surface area contributed by atoms with Crippen molar-refractivity contribution in [1.82, 2.24) is 14.8 Å². The average molecular weight is 217 g/mol. The summed E-state index contributed by atoms with van der Waals surface area (Å²) in [6, 6.07) is 4.00. The molecule has 0 bridgehead atoms. The molecule has 5 nitrogen and oxygen atoms in total. The van der Waals surface area contributed by atoms with E-state index in [1.807, 2.05) is 26.0 Å². The van der Waals surface area contributed by atoms with Crippen LogP contribution in [0.1, 0.15) is 11.1 Å². The number of hydrogen-bond acceptors (Lipinski definition) is 4. The molecule has 0 aliphatic rings. The number of aromatic nitrogens is 3. The first kappa shape index (κ1) is 10.5. The summed E-state index contributed by atoms with van der Waals surface area (Å²) in [6.45, 7) is 3.99. The summed E-state index contributed by atoms with van der Waals surface area (Å²) in [4.78, 5) is 4.17. The fourth-order valence-corrected chi connectivity index (χ4v) is 1.67. The smallest absolute Gasteiger partial charge is 0.218 e. The van der Waals surface area contributed by atoms with Gasteiger partial charge in [-0.3, -0.25) is 0 Å². The lowest BCUT2D eigenvalue weighted by molar-refractivity contribution is 0.781. The number of benzene rings is 1. The second kappa shape index (κ2) is 3.52. The van der Waals surface area contributed by atoms with Gasteiger partial charge in [0.05, 0.1) is 0 Å². The fraction of sp³-hybridized carbons (Fsp3) is 0.273. The molecule has 0 unspecified atom stereocenters. The van der Waals surface area contributed by atoms with Gasteiger partial charge in [0.25, 0.3) is 0 Å². The van der Waals surface area contributed by atoms with E-state index >= 15 is 0 Å². The highest BCUT2D eigenvalue weighted by atomic mass is 15.4. The Morgan fingerprint density at radius 2 is 1.88 bits per heavy atom. The van der Waals surface area contributed by atoms with E-state index in [0.717, 1.165) is 16.7 Å². The van der Waals surface area contributed by atoms with E-state index in [0.29, 0.717) is 17.5 Å². The molecule has 0 radical (unpaired) electrons. The molecule has 0 atom stereocenters. The van der Waals surface area contributed by atoms with Gasteiger partial charge >= 0.3 is 0 Å². The summed E-state index contributed by atoms with van der Waals surface area (Å²) in [5.41, 5.74) is 15.4. The van der Waals surface area contributed by atoms with Crippen LogP contribution in [0.5, 0.6) is 0 Å². The molecule has 0 spiro atoms. The second-order valence-electron chi connectivity index (χ2n) is 3.96. The SMILES string of the molecule is Cc1cc(C)c(N)c(-c2nc(N)n(C)n2)c1. The third kappa shape index (κ3) is 1.60. The Morgan fingerprint density at radius 3 is 2.44 bits per heavy atom. The van der Waals surface area contributed by atoms with E-state index in [-0.39, 0.29) is 0 Å². The standard InChI is InChI=1S/C11H15N5/c1-6-4-7(2)9(12)8(5-6)10-14-11(13)16(3)15-10/h4-5H,12H2,1-3H3,(H2,13,14,15). The van der Waals surface area contributed by atoms with E-state index in [1.54, 1.807) is 7.05 Å². The van der Waals surface area contributed by atoms with E-state index in [4.69, 9.17) is 11.5 Å². The zero-order chi connectivity index (χ0) is 11.9. The van der Waals surface area contributed by atoms with Gasteiger partial charge in [-0.15, -0.1) is 5.10 Å². The van der Waals surface area contributed by atoms with Crippen LogP contribution in [0.3, 0.4) is 0 Å². The molecular weight excluding hydrogens is 202 g/mol. The summed E-state index contributed by atoms with van der Waals surface area (Å²) >= 11 is 0. The number of anilines is 2. The molecule has 2 rings (SSSR count). The lowest BCUT2D eigenvalue weighted by atomic mass is 10.0. The normalized spacial score (nSPS) is 10.7. The van der Waals surface area contributed by atoms with Crippen molar-refractivity contribution in [2.45, 2.75) is 13.8 Å². The number of hydrogen-bond donors (Lipinski definition) is 2. The van der Waals surface area contributed by atoms with Crippen LogP contribution < -0.4 is 11.5 Å². The first-order valence-corrected chi connectivity index (χ1v) is 5.02. The summed E-state index contributed by atoms with van der Waals surface area (Å²) in [7, 11) is 1.75. The van der Waals surface area contributed by atoms with Crippen molar-refractivity contribution in [1.29, 1.82) is 0 Å². The molecule has 2 aromatic rings. The van der Waals surface area contributed by atoms with E-state index < -0.39 is 0 Å². The van der Waals surface area contributed by atoms with Gasteiger partial charge < -0.3 is 11.5 Å². The third-order valence-electron chi connectivity index (χ3n) is 2.57. The number of nitrogens with two attached hydrogens (primary N) is 2. The molecule has 0 saturated heterocycles. The fourth-order valence-electron chi connectivity index (χ4n) is 1.67. The maximum atomic E-state index is 6.01. The molecule has 1 aromatic heterocycles. The quantitative estimate of drug-likeness (QED) is 0.704. The Labute approximate surface area is 94.1 Å². The minimum atomic E-state index is 0.383. The Bertz CT molecular complexity index is 522. The first-order chi connectivity index (χ1) is 7.49. The largest absolute Gasteiger partial charge is 0.398 e. The van der Waals surface area contributed by atoms with Crippen LogP contribution >= 0.6 is 0 Å². The average Bonchev–Trinajstić information content (AvgIpc) is 2.53. The molecular formula is C11H15N5. The van der Waals surface area contributed by atoms with Gasteiger partial charge in [-0.05, 0) is 31.0 Å². The Kier molecular flexibility index (Phi) is 2.30. The van der Waals surface area contributed by atoms with Gasteiger partial charge in [-0.1, -0.05) is 6.07 Å². The van der Waals surface area contributed by atoms with Crippen molar-refractivity contribution in [2.75, 3.05) is 11.5 Å². The number of nitrogens with zero attached hydrogens (tertiary/aromatic N) is 3. The highest BCUT2D eigenvalue weighted by Crippen LogP contribution is 2.27. The van der Waals surface area contributed by atoms with Crippen molar-refractivity contribution in [3.8, 4) is 11.4 Å². The van der Waals surface area contributed by atoms with Crippen LogP contribution in [0, 0.1) is 13.8 Å². The van der Waals surface area contributed by atoms with Crippen LogP contribution in [0.25, 0.3) is 11.4 Å².